The quantitative estimate of drug-likeness (QED) is 0.343. The number of halogens is 1. The summed E-state index contributed by atoms with van der Waals surface area (Å²) < 4.78 is 5.94. The van der Waals surface area contributed by atoms with E-state index in [0.717, 1.165) is 4.47 Å². The maximum Gasteiger partial charge on any atom is 0.341 e. The number of ether oxygens (including phenoxy) is 1. The fourth-order valence-electron chi connectivity index (χ4n) is 2.69. The Balaban J connectivity index is 2.17. The van der Waals surface area contributed by atoms with E-state index in [1.165, 1.54) is 12.3 Å². The Hall–Kier alpha value is -3.00. The van der Waals surface area contributed by atoms with E-state index in [1.807, 2.05) is 18.2 Å². The summed E-state index contributed by atoms with van der Waals surface area (Å²) in [7, 11) is 0. The fraction of sp³-hybridized carbons (Fsp3) is 0.158. The molecule has 2 aromatic carbocycles. The van der Waals surface area contributed by atoms with Crippen LogP contribution in [0.3, 0.4) is 0 Å². The molecule has 0 aliphatic rings. The lowest BCUT2D eigenvalue weighted by Crippen LogP contribution is -2.09. The number of fused-ring (bicyclic) bond motifs is 1. The summed E-state index contributed by atoms with van der Waals surface area (Å²) in [5.74, 6) is -0.518. The molecule has 1 aromatic heterocycles. The lowest BCUT2D eigenvalue weighted by atomic mass is 10.1. The standard InChI is InChI=1S/C19H16BrN3O4/c1-3-27-19(24)15-10-21-16-7-5-12(20)8-14(16)18(15)22-13-6-4-11(2)17(9-13)23(25)26/h4-10H,3H2,1-2H3,(H,21,22). The van der Waals surface area contributed by atoms with E-state index < -0.39 is 10.9 Å². The van der Waals surface area contributed by atoms with Crippen LogP contribution in [0.15, 0.2) is 47.1 Å². The zero-order valence-electron chi connectivity index (χ0n) is 14.7. The van der Waals surface area contributed by atoms with Crippen LogP contribution < -0.4 is 5.32 Å². The Morgan fingerprint density at radius 2 is 2.07 bits per heavy atom. The molecular formula is C19H16BrN3O4. The molecular weight excluding hydrogens is 414 g/mol. The number of hydrogen-bond donors (Lipinski definition) is 1. The molecule has 0 aliphatic heterocycles. The highest BCUT2D eigenvalue weighted by atomic mass is 79.9. The summed E-state index contributed by atoms with van der Waals surface area (Å²) in [6, 6.07) is 10.3. The molecule has 0 radical (unpaired) electrons. The molecule has 1 N–H and O–H groups in total. The summed E-state index contributed by atoms with van der Waals surface area (Å²) in [6.45, 7) is 3.62. The number of nitro benzene ring substituents is 1. The van der Waals surface area contributed by atoms with Crippen LogP contribution >= 0.6 is 15.9 Å². The van der Waals surface area contributed by atoms with E-state index in [9.17, 15) is 14.9 Å². The summed E-state index contributed by atoms with van der Waals surface area (Å²) in [4.78, 5) is 27.5. The molecule has 0 bridgehead atoms. The average molecular weight is 430 g/mol. The van der Waals surface area contributed by atoms with Crippen molar-refractivity contribution in [2.24, 2.45) is 0 Å². The molecule has 3 aromatic rings. The Kier molecular flexibility index (Phi) is 5.36. The van der Waals surface area contributed by atoms with Gasteiger partial charge in [-0.3, -0.25) is 15.1 Å². The SMILES string of the molecule is CCOC(=O)c1cnc2ccc(Br)cc2c1Nc1ccc(C)c([N+](=O)[O-])c1. The van der Waals surface area contributed by atoms with Crippen molar-refractivity contribution >= 4 is 49.9 Å². The highest BCUT2D eigenvalue weighted by molar-refractivity contribution is 9.10. The molecule has 0 unspecified atom stereocenters. The van der Waals surface area contributed by atoms with Crippen LogP contribution in [0.25, 0.3) is 10.9 Å². The van der Waals surface area contributed by atoms with Gasteiger partial charge in [0.05, 0.1) is 22.7 Å². The number of nitrogens with one attached hydrogen (secondary N) is 1. The molecule has 138 valence electrons. The second-order valence-corrected chi connectivity index (χ2v) is 6.73. The van der Waals surface area contributed by atoms with E-state index in [1.54, 1.807) is 26.0 Å². The molecule has 0 saturated heterocycles. The van der Waals surface area contributed by atoms with Gasteiger partial charge in [-0.05, 0) is 38.1 Å². The first kappa shape index (κ1) is 18.8. The van der Waals surface area contributed by atoms with Gasteiger partial charge in [0.15, 0.2) is 0 Å². The van der Waals surface area contributed by atoms with Gasteiger partial charge in [-0.15, -0.1) is 0 Å². The second kappa shape index (κ2) is 7.71. The van der Waals surface area contributed by atoms with Crippen LogP contribution in [-0.4, -0.2) is 22.5 Å². The number of rotatable bonds is 5. The predicted octanol–water partition coefficient (Wildman–Crippen LogP) is 5.13. The zero-order chi connectivity index (χ0) is 19.6. The molecule has 0 aliphatic carbocycles. The van der Waals surface area contributed by atoms with E-state index in [0.29, 0.717) is 27.8 Å². The number of benzene rings is 2. The number of pyridine rings is 1. The van der Waals surface area contributed by atoms with Crippen LogP contribution in [0.5, 0.6) is 0 Å². The van der Waals surface area contributed by atoms with Crippen molar-refractivity contribution in [3.05, 3.63) is 68.3 Å². The van der Waals surface area contributed by atoms with Crippen molar-refractivity contribution in [3.63, 3.8) is 0 Å². The van der Waals surface area contributed by atoms with Crippen molar-refractivity contribution in [2.75, 3.05) is 11.9 Å². The van der Waals surface area contributed by atoms with Crippen LogP contribution in [-0.2, 0) is 4.74 Å². The Bertz CT molecular complexity index is 1050. The minimum Gasteiger partial charge on any atom is -0.462 e. The van der Waals surface area contributed by atoms with Gasteiger partial charge in [0.2, 0.25) is 0 Å². The molecule has 8 heteroatoms. The predicted molar refractivity (Wildman–Crippen MR) is 107 cm³/mol. The van der Waals surface area contributed by atoms with Crippen molar-refractivity contribution in [1.29, 1.82) is 0 Å². The van der Waals surface area contributed by atoms with Crippen LogP contribution in [0.2, 0.25) is 0 Å². The van der Waals surface area contributed by atoms with Gasteiger partial charge >= 0.3 is 5.97 Å². The van der Waals surface area contributed by atoms with Crippen LogP contribution in [0, 0.1) is 17.0 Å². The first-order valence-corrected chi connectivity index (χ1v) is 8.97. The first-order chi connectivity index (χ1) is 12.9. The lowest BCUT2D eigenvalue weighted by molar-refractivity contribution is -0.385. The van der Waals surface area contributed by atoms with Gasteiger partial charge < -0.3 is 10.1 Å². The van der Waals surface area contributed by atoms with Gasteiger partial charge in [0.1, 0.15) is 5.56 Å². The minimum absolute atomic E-state index is 0.00257. The number of carbonyl (C=O) groups excluding carboxylic acids is 1. The van der Waals surface area contributed by atoms with Gasteiger partial charge in [0.25, 0.3) is 5.69 Å². The number of nitro groups is 1. The van der Waals surface area contributed by atoms with E-state index in [-0.39, 0.29) is 17.9 Å². The topological polar surface area (TPSA) is 94.4 Å². The fourth-order valence-corrected chi connectivity index (χ4v) is 3.05. The molecule has 0 atom stereocenters. The van der Waals surface area contributed by atoms with E-state index in [4.69, 9.17) is 4.74 Å². The maximum absolute atomic E-state index is 12.4. The smallest absolute Gasteiger partial charge is 0.341 e. The monoisotopic (exact) mass is 429 g/mol. The molecule has 0 saturated carbocycles. The largest absolute Gasteiger partial charge is 0.462 e. The third-order valence-electron chi connectivity index (χ3n) is 4.00. The lowest BCUT2D eigenvalue weighted by Gasteiger charge is -2.14. The molecule has 0 amide bonds. The summed E-state index contributed by atoms with van der Waals surface area (Å²) in [6.07, 6.45) is 1.44. The average Bonchev–Trinajstić information content (AvgIpc) is 2.63. The number of esters is 1. The van der Waals surface area contributed by atoms with Crippen molar-refractivity contribution < 1.29 is 14.5 Å². The third kappa shape index (κ3) is 3.90. The molecule has 0 fully saturated rings. The second-order valence-electron chi connectivity index (χ2n) is 5.81. The van der Waals surface area contributed by atoms with Crippen LogP contribution in [0.4, 0.5) is 17.1 Å². The zero-order valence-corrected chi connectivity index (χ0v) is 16.2. The molecule has 7 nitrogen and oxygen atoms in total. The summed E-state index contributed by atoms with van der Waals surface area (Å²) >= 11 is 3.42. The number of nitrogens with zero attached hydrogens (tertiary/aromatic N) is 2. The van der Waals surface area contributed by atoms with Crippen molar-refractivity contribution in [1.82, 2.24) is 4.98 Å². The Morgan fingerprint density at radius 3 is 2.78 bits per heavy atom. The minimum atomic E-state index is -0.518. The van der Waals surface area contributed by atoms with Crippen molar-refractivity contribution in [2.45, 2.75) is 13.8 Å². The summed E-state index contributed by atoms with van der Waals surface area (Å²) in [5.41, 5.74) is 2.46. The van der Waals surface area contributed by atoms with Gasteiger partial charge in [0, 0.05) is 33.4 Å². The molecule has 0 spiro atoms. The number of aromatic nitrogens is 1. The van der Waals surface area contributed by atoms with E-state index >= 15 is 0 Å². The maximum atomic E-state index is 12.4. The van der Waals surface area contributed by atoms with Gasteiger partial charge in [-0.25, -0.2) is 4.79 Å². The van der Waals surface area contributed by atoms with E-state index in [2.05, 4.69) is 26.2 Å². The number of hydrogen-bond acceptors (Lipinski definition) is 6. The number of anilines is 2. The first-order valence-electron chi connectivity index (χ1n) is 8.18. The number of aryl methyl sites for hydroxylation is 1. The van der Waals surface area contributed by atoms with Gasteiger partial charge in [-0.1, -0.05) is 22.0 Å². The third-order valence-corrected chi connectivity index (χ3v) is 4.49. The molecule has 27 heavy (non-hydrogen) atoms. The number of carbonyl (C=O) groups is 1. The Labute approximate surface area is 163 Å². The van der Waals surface area contributed by atoms with Crippen molar-refractivity contribution in [3.8, 4) is 0 Å². The Morgan fingerprint density at radius 1 is 1.30 bits per heavy atom. The van der Waals surface area contributed by atoms with Crippen LogP contribution in [0.1, 0.15) is 22.8 Å². The highest BCUT2D eigenvalue weighted by Crippen LogP contribution is 2.33. The highest BCUT2D eigenvalue weighted by Gasteiger charge is 2.18. The van der Waals surface area contributed by atoms with Gasteiger partial charge in [-0.2, -0.15) is 0 Å². The normalized spacial score (nSPS) is 10.6. The summed E-state index contributed by atoms with van der Waals surface area (Å²) in [5, 5.41) is 15.1. The molecule has 1 heterocycles. The molecule has 3 rings (SSSR count).